The fraction of sp³-hybridized carbons (Fsp3) is 0.200. The number of sulfonamides is 1. The van der Waals surface area contributed by atoms with Gasteiger partial charge in [-0.05, 0) is 61.2 Å². The highest BCUT2D eigenvalue weighted by molar-refractivity contribution is 7.92. The topological polar surface area (TPSA) is 81.0 Å². The van der Waals surface area contributed by atoms with Gasteiger partial charge < -0.3 is 9.14 Å². The second-order valence-electron chi connectivity index (χ2n) is 8.07. The Morgan fingerprint density at radius 2 is 1.94 bits per heavy atom. The molecule has 0 spiro atoms. The van der Waals surface area contributed by atoms with E-state index >= 15 is 0 Å². The Morgan fingerprint density at radius 3 is 2.79 bits per heavy atom. The number of imidazole rings is 1. The highest BCUT2D eigenvalue weighted by Gasteiger charge is 2.29. The van der Waals surface area contributed by atoms with Crippen LogP contribution in [0.4, 0.5) is 5.69 Å². The lowest BCUT2D eigenvalue weighted by Gasteiger charge is -2.30. The van der Waals surface area contributed by atoms with Crippen LogP contribution in [0.25, 0.3) is 5.65 Å². The van der Waals surface area contributed by atoms with Gasteiger partial charge in [-0.2, -0.15) is 0 Å². The molecule has 0 atom stereocenters. The molecule has 0 aliphatic carbocycles. The zero-order valence-corrected chi connectivity index (χ0v) is 19.0. The average Bonchev–Trinajstić information content (AvgIpc) is 3.27. The van der Waals surface area contributed by atoms with Gasteiger partial charge in [0.25, 0.3) is 10.0 Å². The minimum Gasteiger partial charge on any atom is -0.456 e. The quantitative estimate of drug-likeness (QED) is 0.417. The van der Waals surface area contributed by atoms with Crippen LogP contribution in [0, 0.1) is 6.92 Å². The van der Waals surface area contributed by atoms with Gasteiger partial charge in [0.15, 0.2) is 0 Å². The number of fused-ring (bicyclic) bond motifs is 2. The third-order valence-electron chi connectivity index (χ3n) is 5.80. The maximum atomic E-state index is 13.4. The zero-order chi connectivity index (χ0) is 23.0. The molecule has 0 bridgehead atoms. The van der Waals surface area contributed by atoms with E-state index in [1.165, 1.54) is 16.4 Å². The number of benzene rings is 2. The number of ether oxygens (including phenoxy) is 1. The fourth-order valence-corrected chi connectivity index (χ4v) is 5.74. The number of esters is 1. The van der Waals surface area contributed by atoms with Gasteiger partial charge in [0.2, 0.25) is 0 Å². The van der Waals surface area contributed by atoms with Crippen molar-refractivity contribution in [2.75, 3.05) is 10.8 Å². The highest BCUT2D eigenvalue weighted by Crippen LogP contribution is 2.32. The van der Waals surface area contributed by atoms with Crippen molar-refractivity contribution in [2.24, 2.45) is 0 Å². The van der Waals surface area contributed by atoms with Gasteiger partial charge in [-0.25, -0.2) is 18.2 Å². The first-order valence-electron chi connectivity index (χ1n) is 10.7. The molecule has 7 nitrogen and oxygen atoms in total. The molecule has 4 aromatic rings. The van der Waals surface area contributed by atoms with Gasteiger partial charge in [0.1, 0.15) is 12.3 Å². The molecule has 2 aromatic carbocycles. The van der Waals surface area contributed by atoms with E-state index in [2.05, 4.69) is 4.98 Å². The fourth-order valence-electron chi connectivity index (χ4n) is 4.16. The third-order valence-corrected chi connectivity index (χ3v) is 7.61. The monoisotopic (exact) mass is 461 g/mol. The minimum absolute atomic E-state index is 0.00354. The molecule has 0 fully saturated rings. The summed E-state index contributed by atoms with van der Waals surface area (Å²) in [6, 6.07) is 17.4. The molecule has 5 rings (SSSR count). The van der Waals surface area contributed by atoms with Crippen molar-refractivity contribution in [3.8, 4) is 0 Å². The SMILES string of the molecule is Cc1cccn2cc(COC(=O)c3cccc(S(=O)(=O)N4CCCc5ccccc54)c3)nc12. The Hall–Kier alpha value is -3.65. The van der Waals surface area contributed by atoms with Gasteiger partial charge in [-0.3, -0.25) is 4.31 Å². The number of carbonyl (C=O) groups excluding carboxylic acids is 1. The van der Waals surface area contributed by atoms with Crippen LogP contribution in [0.3, 0.4) is 0 Å². The first kappa shape index (κ1) is 21.2. The predicted octanol–water partition coefficient (Wildman–Crippen LogP) is 4.14. The highest BCUT2D eigenvalue weighted by atomic mass is 32.2. The maximum Gasteiger partial charge on any atom is 0.338 e. The summed E-state index contributed by atoms with van der Waals surface area (Å²) in [4.78, 5) is 17.3. The summed E-state index contributed by atoms with van der Waals surface area (Å²) in [7, 11) is -3.81. The Labute approximate surface area is 192 Å². The lowest BCUT2D eigenvalue weighted by molar-refractivity contribution is 0.0468. The summed E-state index contributed by atoms with van der Waals surface area (Å²) in [5.41, 5.74) is 4.32. The summed E-state index contributed by atoms with van der Waals surface area (Å²) in [6.07, 6.45) is 5.28. The van der Waals surface area contributed by atoms with E-state index in [9.17, 15) is 13.2 Å². The molecule has 2 aromatic heterocycles. The predicted molar refractivity (Wildman–Crippen MR) is 125 cm³/mol. The second kappa shape index (κ2) is 8.37. The summed E-state index contributed by atoms with van der Waals surface area (Å²) >= 11 is 0. The van der Waals surface area contributed by atoms with Crippen LogP contribution in [0.1, 0.15) is 33.6 Å². The lowest BCUT2D eigenvalue weighted by atomic mass is 10.0. The number of nitrogens with zero attached hydrogens (tertiary/aromatic N) is 3. The molecule has 33 heavy (non-hydrogen) atoms. The largest absolute Gasteiger partial charge is 0.456 e. The Kier molecular flexibility index (Phi) is 5.38. The standard InChI is InChI=1S/C25H23N3O4S/c1-18-7-5-13-27-16-21(26-24(18)27)17-32-25(29)20-9-4-11-22(15-20)33(30,31)28-14-6-10-19-8-2-3-12-23(19)28/h2-5,7-9,11-13,15-16H,6,10,14,17H2,1H3. The van der Waals surface area contributed by atoms with Crippen molar-refractivity contribution in [1.82, 2.24) is 9.38 Å². The number of carbonyl (C=O) groups is 1. The number of rotatable bonds is 5. The van der Waals surface area contributed by atoms with Crippen molar-refractivity contribution >= 4 is 27.3 Å². The second-order valence-corrected chi connectivity index (χ2v) is 9.93. The summed E-state index contributed by atoms with van der Waals surface area (Å²) < 4.78 is 35.5. The first-order valence-corrected chi connectivity index (χ1v) is 12.2. The van der Waals surface area contributed by atoms with E-state index in [1.807, 2.05) is 60.1 Å². The number of hydrogen-bond acceptors (Lipinski definition) is 5. The number of para-hydroxylation sites is 1. The number of anilines is 1. The summed E-state index contributed by atoms with van der Waals surface area (Å²) in [5, 5.41) is 0. The van der Waals surface area contributed by atoms with Crippen LogP contribution < -0.4 is 4.31 Å². The van der Waals surface area contributed by atoms with Crippen LogP contribution in [0.15, 0.2) is 78.0 Å². The van der Waals surface area contributed by atoms with Crippen LogP contribution in [0.2, 0.25) is 0 Å². The Morgan fingerprint density at radius 1 is 1.09 bits per heavy atom. The van der Waals surface area contributed by atoms with E-state index < -0.39 is 16.0 Å². The average molecular weight is 462 g/mol. The molecule has 0 saturated carbocycles. The molecule has 3 heterocycles. The van der Waals surface area contributed by atoms with E-state index in [0.717, 1.165) is 29.6 Å². The van der Waals surface area contributed by atoms with Crippen LogP contribution in [-0.2, 0) is 27.8 Å². The van der Waals surface area contributed by atoms with Crippen molar-refractivity contribution < 1.29 is 17.9 Å². The van der Waals surface area contributed by atoms with Crippen molar-refractivity contribution in [3.63, 3.8) is 0 Å². The summed E-state index contributed by atoms with van der Waals surface area (Å²) in [6.45, 7) is 2.36. The van der Waals surface area contributed by atoms with E-state index in [1.54, 1.807) is 12.1 Å². The Bertz CT molecular complexity index is 1460. The van der Waals surface area contributed by atoms with Gasteiger partial charge in [0, 0.05) is 18.9 Å². The van der Waals surface area contributed by atoms with Crippen LogP contribution >= 0.6 is 0 Å². The van der Waals surface area contributed by atoms with Crippen molar-refractivity contribution in [1.29, 1.82) is 0 Å². The van der Waals surface area contributed by atoms with E-state index in [-0.39, 0.29) is 17.1 Å². The van der Waals surface area contributed by atoms with Gasteiger partial charge in [-0.15, -0.1) is 0 Å². The third kappa shape index (κ3) is 3.98. The molecule has 8 heteroatoms. The number of hydrogen-bond donors (Lipinski definition) is 0. The van der Waals surface area contributed by atoms with Gasteiger partial charge in [-0.1, -0.05) is 30.3 Å². The number of aromatic nitrogens is 2. The first-order chi connectivity index (χ1) is 15.9. The molecular weight excluding hydrogens is 438 g/mol. The van der Waals surface area contributed by atoms with Crippen LogP contribution in [-0.4, -0.2) is 30.3 Å². The molecule has 0 radical (unpaired) electrons. The molecule has 0 saturated heterocycles. The normalized spacial score (nSPS) is 13.7. The van der Waals surface area contributed by atoms with Crippen molar-refractivity contribution in [3.05, 3.63) is 95.4 Å². The molecule has 1 aliphatic rings. The molecule has 0 N–H and O–H groups in total. The van der Waals surface area contributed by atoms with E-state index in [0.29, 0.717) is 17.9 Å². The van der Waals surface area contributed by atoms with E-state index in [4.69, 9.17) is 4.74 Å². The van der Waals surface area contributed by atoms with Crippen molar-refractivity contribution in [2.45, 2.75) is 31.3 Å². The Balaban J connectivity index is 1.36. The molecule has 0 amide bonds. The van der Waals surface area contributed by atoms with Gasteiger partial charge in [0.05, 0.1) is 21.8 Å². The molecular formula is C25H23N3O4S. The summed E-state index contributed by atoms with van der Waals surface area (Å²) in [5.74, 6) is -0.597. The minimum atomic E-state index is -3.81. The zero-order valence-electron chi connectivity index (χ0n) is 18.1. The van der Waals surface area contributed by atoms with Crippen LogP contribution in [0.5, 0.6) is 0 Å². The van der Waals surface area contributed by atoms with Gasteiger partial charge >= 0.3 is 5.97 Å². The number of pyridine rings is 1. The molecule has 168 valence electrons. The molecule has 0 unspecified atom stereocenters. The smallest absolute Gasteiger partial charge is 0.338 e. The number of aryl methyl sites for hydroxylation is 2. The lowest BCUT2D eigenvalue weighted by Crippen LogP contribution is -2.35. The molecule has 1 aliphatic heterocycles. The maximum absolute atomic E-state index is 13.4.